The summed E-state index contributed by atoms with van der Waals surface area (Å²) >= 11 is 0. The van der Waals surface area contributed by atoms with Gasteiger partial charge in [0.25, 0.3) is 5.91 Å². The van der Waals surface area contributed by atoms with E-state index in [1.54, 1.807) is 60.3 Å². The summed E-state index contributed by atoms with van der Waals surface area (Å²) in [7, 11) is 1.72. The van der Waals surface area contributed by atoms with Gasteiger partial charge in [-0.15, -0.1) is 0 Å². The number of amides is 1. The highest BCUT2D eigenvalue weighted by Crippen LogP contribution is 2.27. The average Bonchev–Trinajstić information content (AvgIpc) is 3.31. The minimum absolute atomic E-state index is 0.151. The number of hydrogen-bond acceptors (Lipinski definition) is 5. The van der Waals surface area contributed by atoms with E-state index in [2.05, 4.69) is 15.4 Å². The molecular weight excluding hydrogens is 420 g/mol. The van der Waals surface area contributed by atoms with Crippen LogP contribution in [0.3, 0.4) is 0 Å². The van der Waals surface area contributed by atoms with Gasteiger partial charge in [0.1, 0.15) is 5.69 Å². The first-order chi connectivity index (χ1) is 15.6. The molecule has 0 saturated carbocycles. The van der Waals surface area contributed by atoms with Gasteiger partial charge in [0.05, 0.1) is 11.3 Å². The van der Waals surface area contributed by atoms with E-state index in [0.29, 0.717) is 39.7 Å². The Morgan fingerprint density at radius 1 is 1.09 bits per heavy atom. The van der Waals surface area contributed by atoms with Gasteiger partial charge in [-0.05, 0) is 24.3 Å². The number of aromatic hydroxyl groups is 1. The summed E-state index contributed by atoms with van der Waals surface area (Å²) < 4.78 is 1.54. The first-order valence-electron chi connectivity index (χ1n) is 10.4. The molecule has 0 radical (unpaired) electrons. The van der Waals surface area contributed by atoms with Gasteiger partial charge in [0.2, 0.25) is 0 Å². The molecule has 2 aromatic heterocycles. The van der Waals surface area contributed by atoms with Crippen molar-refractivity contribution in [2.45, 2.75) is 26.2 Å². The summed E-state index contributed by atoms with van der Waals surface area (Å²) in [5.41, 5.74) is 2.92. The molecule has 0 saturated heterocycles. The van der Waals surface area contributed by atoms with Crippen molar-refractivity contribution in [2.24, 2.45) is 7.05 Å². The van der Waals surface area contributed by atoms with Crippen molar-refractivity contribution in [1.29, 1.82) is 0 Å². The molecule has 0 aliphatic rings. The normalized spacial score (nSPS) is 11.5. The van der Waals surface area contributed by atoms with Crippen LogP contribution in [0.1, 0.15) is 63.2 Å². The minimum Gasteiger partial charge on any atom is -0.494 e. The Morgan fingerprint density at radius 2 is 1.82 bits per heavy atom. The standard InChI is InChI=1S/C25H24N4O4/c1-25(2,3)21-12-20(29(4)28-21)24(33)26-16-7-5-6-14(10-16)22(31)15-8-9-17-18(13-30)23(32)27-19(17)11-15/h5-13,27,32H,1-4H3,(H,26,33). The van der Waals surface area contributed by atoms with Crippen molar-refractivity contribution in [3.05, 3.63) is 76.6 Å². The number of aromatic amines is 1. The number of carbonyl (C=O) groups is 3. The van der Waals surface area contributed by atoms with Gasteiger partial charge < -0.3 is 15.4 Å². The Kier molecular flexibility index (Phi) is 5.37. The summed E-state index contributed by atoms with van der Waals surface area (Å²) in [4.78, 5) is 39.7. The Morgan fingerprint density at radius 3 is 2.48 bits per heavy atom. The summed E-state index contributed by atoms with van der Waals surface area (Å²) in [6.45, 7) is 6.08. The number of fused-ring (bicyclic) bond motifs is 1. The van der Waals surface area contributed by atoms with E-state index >= 15 is 0 Å². The maximum atomic E-state index is 13.1. The van der Waals surface area contributed by atoms with Gasteiger partial charge in [-0.2, -0.15) is 5.10 Å². The lowest BCUT2D eigenvalue weighted by Crippen LogP contribution is -2.16. The molecule has 1 amide bonds. The molecule has 0 bridgehead atoms. The Hall–Kier alpha value is -4.20. The monoisotopic (exact) mass is 444 g/mol. The van der Waals surface area contributed by atoms with Crippen molar-refractivity contribution in [1.82, 2.24) is 14.8 Å². The summed E-state index contributed by atoms with van der Waals surface area (Å²) in [6, 6.07) is 13.2. The largest absolute Gasteiger partial charge is 0.494 e. The number of anilines is 1. The second-order valence-electron chi connectivity index (χ2n) is 8.92. The third-order valence-corrected chi connectivity index (χ3v) is 5.46. The number of nitrogens with one attached hydrogen (secondary N) is 2. The SMILES string of the molecule is Cn1nc(C(C)(C)C)cc1C(=O)Nc1cccc(C(=O)c2ccc3c(C=O)c(O)[nH]c3c2)c1. The van der Waals surface area contributed by atoms with E-state index in [0.717, 1.165) is 5.69 Å². The van der Waals surface area contributed by atoms with Crippen molar-refractivity contribution in [3.8, 4) is 5.88 Å². The highest BCUT2D eigenvalue weighted by Gasteiger charge is 2.22. The smallest absolute Gasteiger partial charge is 0.273 e. The van der Waals surface area contributed by atoms with Crippen LogP contribution in [0.25, 0.3) is 10.9 Å². The number of hydrogen-bond donors (Lipinski definition) is 3. The summed E-state index contributed by atoms with van der Waals surface area (Å²) in [6.07, 6.45) is 0.564. The second kappa shape index (κ2) is 8.05. The molecule has 33 heavy (non-hydrogen) atoms. The fraction of sp³-hybridized carbons (Fsp3) is 0.200. The van der Waals surface area contributed by atoms with E-state index in [9.17, 15) is 19.5 Å². The molecule has 0 aliphatic heterocycles. The van der Waals surface area contributed by atoms with Crippen molar-refractivity contribution < 1.29 is 19.5 Å². The second-order valence-corrected chi connectivity index (χ2v) is 8.92. The van der Waals surface area contributed by atoms with Crippen LogP contribution in [0, 0.1) is 0 Å². The average molecular weight is 444 g/mol. The predicted molar refractivity (Wildman–Crippen MR) is 125 cm³/mol. The molecule has 4 aromatic rings. The molecule has 0 fully saturated rings. The number of benzene rings is 2. The van der Waals surface area contributed by atoms with Gasteiger partial charge in [-0.1, -0.05) is 45.0 Å². The van der Waals surface area contributed by atoms with Gasteiger partial charge in [-0.25, -0.2) is 0 Å². The molecule has 168 valence electrons. The van der Waals surface area contributed by atoms with Crippen LogP contribution < -0.4 is 5.32 Å². The van der Waals surface area contributed by atoms with Crippen LogP contribution in [0.4, 0.5) is 5.69 Å². The highest BCUT2D eigenvalue weighted by molar-refractivity contribution is 6.12. The third kappa shape index (κ3) is 4.15. The fourth-order valence-corrected chi connectivity index (χ4v) is 3.61. The van der Waals surface area contributed by atoms with Crippen molar-refractivity contribution in [2.75, 3.05) is 5.32 Å². The topological polar surface area (TPSA) is 117 Å². The Labute approximate surface area is 190 Å². The van der Waals surface area contributed by atoms with E-state index in [1.165, 1.54) is 0 Å². The minimum atomic E-state index is -0.324. The number of carbonyl (C=O) groups excluding carboxylic acids is 3. The molecule has 3 N–H and O–H groups in total. The van der Waals surface area contributed by atoms with Crippen LogP contribution in [0.5, 0.6) is 5.88 Å². The number of aldehydes is 1. The van der Waals surface area contributed by atoms with E-state index in [4.69, 9.17) is 0 Å². The number of aromatic nitrogens is 3. The molecular formula is C25H24N4O4. The highest BCUT2D eigenvalue weighted by atomic mass is 16.3. The fourth-order valence-electron chi connectivity index (χ4n) is 3.61. The molecule has 8 nitrogen and oxygen atoms in total. The third-order valence-electron chi connectivity index (χ3n) is 5.46. The lowest BCUT2D eigenvalue weighted by molar-refractivity contribution is 0.101. The summed E-state index contributed by atoms with van der Waals surface area (Å²) in [5.74, 6) is -0.820. The van der Waals surface area contributed by atoms with Crippen LogP contribution >= 0.6 is 0 Å². The lowest BCUT2D eigenvalue weighted by atomic mass is 9.92. The quantitative estimate of drug-likeness (QED) is 0.315. The number of nitrogens with zero attached hydrogens (tertiary/aromatic N) is 2. The molecule has 0 atom stereocenters. The Bertz CT molecular complexity index is 1410. The lowest BCUT2D eigenvalue weighted by Gasteiger charge is -2.13. The number of H-pyrrole nitrogens is 1. The van der Waals surface area contributed by atoms with Crippen LogP contribution in [-0.2, 0) is 12.5 Å². The molecule has 8 heteroatoms. The molecule has 0 aliphatic carbocycles. The van der Waals surface area contributed by atoms with Crippen LogP contribution in [0.15, 0.2) is 48.5 Å². The first-order valence-corrected chi connectivity index (χ1v) is 10.4. The number of ketones is 1. The zero-order valence-electron chi connectivity index (χ0n) is 18.8. The van der Waals surface area contributed by atoms with Gasteiger partial charge in [0.15, 0.2) is 17.9 Å². The van der Waals surface area contributed by atoms with Crippen molar-refractivity contribution >= 4 is 34.6 Å². The van der Waals surface area contributed by atoms with E-state index in [1.807, 2.05) is 20.8 Å². The summed E-state index contributed by atoms with van der Waals surface area (Å²) in [5, 5.41) is 17.6. The maximum absolute atomic E-state index is 13.1. The Balaban J connectivity index is 1.58. The van der Waals surface area contributed by atoms with Crippen LogP contribution in [0.2, 0.25) is 0 Å². The van der Waals surface area contributed by atoms with E-state index in [-0.39, 0.29) is 28.5 Å². The number of aryl methyl sites for hydroxylation is 1. The number of rotatable bonds is 5. The van der Waals surface area contributed by atoms with Crippen molar-refractivity contribution in [3.63, 3.8) is 0 Å². The molecule has 2 aromatic carbocycles. The van der Waals surface area contributed by atoms with Gasteiger partial charge in [0, 0.05) is 40.2 Å². The predicted octanol–water partition coefficient (Wildman–Crippen LogP) is 4.20. The van der Waals surface area contributed by atoms with Crippen LogP contribution in [-0.4, -0.2) is 37.8 Å². The zero-order valence-corrected chi connectivity index (χ0v) is 18.8. The van der Waals surface area contributed by atoms with Gasteiger partial charge in [-0.3, -0.25) is 19.1 Å². The maximum Gasteiger partial charge on any atom is 0.273 e. The van der Waals surface area contributed by atoms with E-state index < -0.39 is 0 Å². The first kappa shape index (κ1) is 22.0. The zero-order chi connectivity index (χ0) is 23.9. The molecule has 0 unspecified atom stereocenters. The van der Waals surface area contributed by atoms with Gasteiger partial charge >= 0.3 is 0 Å². The molecule has 0 spiro atoms. The molecule has 2 heterocycles. The molecule has 4 rings (SSSR count).